The number of rotatable bonds is 15. The van der Waals surface area contributed by atoms with Crippen molar-refractivity contribution in [2.75, 3.05) is 0 Å². The third-order valence-electron chi connectivity index (χ3n) is 3.62. The van der Waals surface area contributed by atoms with E-state index in [1.807, 2.05) is 25.4 Å². The van der Waals surface area contributed by atoms with E-state index >= 15 is 0 Å². The zero-order valence-electron chi connectivity index (χ0n) is 14.8. The predicted molar refractivity (Wildman–Crippen MR) is 96.8 cm³/mol. The first kappa shape index (κ1) is 22.7. The molecule has 25 heavy (non-hydrogen) atoms. The van der Waals surface area contributed by atoms with Gasteiger partial charge in [0.1, 0.15) is 0 Å². The van der Waals surface area contributed by atoms with Gasteiger partial charge in [-0.2, -0.15) is 0 Å². The molecule has 1 radical (unpaired) electrons. The highest BCUT2D eigenvalue weighted by Gasteiger charge is 2.14. The predicted octanol–water partition coefficient (Wildman–Crippen LogP) is 4.89. The smallest absolute Gasteiger partial charge is 0.246 e. The Morgan fingerprint density at radius 3 is 2.16 bits per heavy atom. The highest BCUT2D eigenvalue weighted by Crippen LogP contribution is 2.15. The average molecular weight is 351 g/mol. The molecule has 0 aliphatic carbocycles. The normalized spacial score (nSPS) is 12.5. The van der Waals surface area contributed by atoms with Gasteiger partial charge in [0.25, 0.3) is 0 Å². The Morgan fingerprint density at radius 2 is 1.56 bits per heavy atom. The lowest BCUT2D eigenvalue weighted by Gasteiger charge is -2.00. The van der Waals surface area contributed by atoms with E-state index in [0.717, 1.165) is 32.1 Å². The molecule has 139 valence electrons. The summed E-state index contributed by atoms with van der Waals surface area (Å²) in [6.07, 6.45) is 14.5. The molecule has 7 nitrogen and oxygen atoms in total. The van der Waals surface area contributed by atoms with Gasteiger partial charge < -0.3 is 0 Å². The standard InChI is InChI=1S/C18H27N2O5/c1-2-3-4-9-12-17(19(22)23)14-15-18(20(24)25)13-10-7-5-6-8-11-16-21/h3-4,12,15H,2,5-11,13-14H2,1H3/b4-3-,17-12+,18-15+. The maximum atomic E-state index is 11.1. The summed E-state index contributed by atoms with van der Waals surface area (Å²) < 4.78 is 0. The second kappa shape index (κ2) is 15.2. The van der Waals surface area contributed by atoms with Gasteiger partial charge in [-0.15, -0.1) is 0 Å². The first-order valence-electron chi connectivity index (χ1n) is 8.69. The molecule has 0 N–H and O–H groups in total. The van der Waals surface area contributed by atoms with Crippen molar-refractivity contribution in [2.45, 2.75) is 71.1 Å². The number of carbonyl (C=O) groups excluding carboxylic acids is 1. The number of unbranched alkanes of at least 4 members (excludes halogenated alkanes) is 5. The molecular weight excluding hydrogens is 324 g/mol. The van der Waals surface area contributed by atoms with Crippen molar-refractivity contribution < 1.29 is 14.6 Å². The Morgan fingerprint density at radius 1 is 0.920 bits per heavy atom. The minimum atomic E-state index is -0.488. The van der Waals surface area contributed by atoms with Crippen molar-refractivity contribution in [2.24, 2.45) is 0 Å². The average Bonchev–Trinajstić information content (AvgIpc) is 2.57. The van der Waals surface area contributed by atoms with Crippen molar-refractivity contribution in [3.8, 4) is 0 Å². The van der Waals surface area contributed by atoms with Crippen LogP contribution in [0.1, 0.15) is 71.1 Å². The fourth-order valence-electron chi connectivity index (χ4n) is 2.22. The first-order valence-corrected chi connectivity index (χ1v) is 8.69. The second-order valence-corrected chi connectivity index (χ2v) is 5.64. The largest absolute Gasteiger partial charge is 0.291 e. The molecule has 0 fully saturated rings. The molecule has 0 saturated heterocycles. The van der Waals surface area contributed by atoms with Crippen LogP contribution in [0.15, 0.2) is 35.7 Å². The Hall–Kier alpha value is -2.31. The van der Waals surface area contributed by atoms with Crippen LogP contribution in [0.4, 0.5) is 0 Å². The van der Waals surface area contributed by atoms with E-state index in [4.69, 9.17) is 0 Å². The number of allylic oxidation sites excluding steroid dienone is 5. The monoisotopic (exact) mass is 351 g/mol. The Bertz CT molecular complexity index is 510. The molecule has 7 heteroatoms. The van der Waals surface area contributed by atoms with E-state index in [9.17, 15) is 25.0 Å². The summed E-state index contributed by atoms with van der Waals surface area (Å²) in [7, 11) is 0. The Labute approximate surface area is 148 Å². The number of nitrogens with zero attached hydrogens (tertiary/aromatic N) is 2. The van der Waals surface area contributed by atoms with Crippen LogP contribution in [0.25, 0.3) is 0 Å². The minimum Gasteiger partial charge on any atom is -0.291 e. The van der Waals surface area contributed by atoms with E-state index in [0.29, 0.717) is 25.7 Å². The summed E-state index contributed by atoms with van der Waals surface area (Å²) in [4.78, 5) is 31.2. The molecule has 0 heterocycles. The van der Waals surface area contributed by atoms with Gasteiger partial charge in [-0.3, -0.25) is 25.0 Å². The second-order valence-electron chi connectivity index (χ2n) is 5.64. The summed E-state index contributed by atoms with van der Waals surface area (Å²) in [5.41, 5.74) is 0.00305. The summed E-state index contributed by atoms with van der Waals surface area (Å²) in [5.74, 6) is 0. The molecule has 0 aliphatic heterocycles. The van der Waals surface area contributed by atoms with E-state index in [1.165, 1.54) is 12.2 Å². The number of hydrogen-bond acceptors (Lipinski definition) is 5. The van der Waals surface area contributed by atoms with Crippen LogP contribution >= 0.6 is 0 Å². The van der Waals surface area contributed by atoms with Gasteiger partial charge in [-0.05, 0) is 37.8 Å². The fraction of sp³-hybridized carbons (Fsp3) is 0.611. The van der Waals surface area contributed by atoms with E-state index in [1.54, 1.807) is 0 Å². The number of hydrogen-bond donors (Lipinski definition) is 0. The van der Waals surface area contributed by atoms with Crippen molar-refractivity contribution in [1.29, 1.82) is 0 Å². The minimum absolute atomic E-state index is 0.0229. The molecule has 0 aromatic carbocycles. The van der Waals surface area contributed by atoms with Crippen LogP contribution in [0.2, 0.25) is 0 Å². The van der Waals surface area contributed by atoms with Gasteiger partial charge in [-0.1, -0.05) is 38.3 Å². The maximum absolute atomic E-state index is 11.1. The van der Waals surface area contributed by atoms with Crippen molar-refractivity contribution in [1.82, 2.24) is 0 Å². The first-order chi connectivity index (χ1) is 12.0. The topological polar surface area (TPSA) is 103 Å². The molecular formula is C18H27N2O5. The third kappa shape index (κ3) is 12.7. The zero-order valence-corrected chi connectivity index (χ0v) is 14.8. The molecule has 0 rings (SSSR count). The van der Waals surface area contributed by atoms with Gasteiger partial charge in [0.05, 0.1) is 16.3 Å². The van der Waals surface area contributed by atoms with Gasteiger partial charge in [-0.25, -0.2) is 0 Å². The lowest BCUT2D eigenvalue weighted by molar-refractivity contribution is -0.432. The molecule has 0 unspecified atom stereocenters. The van der Waals surface area contributed by atoms with Crippen LogP contribution in [-0.2, 0) is 4.79 Å². The number of nitro groups is 2. The Balaban J connectivity index is 4.47. The lowest BCUT2D eigenvalue weighted by Crippen LogP contribution is -2.02. The summed E-state index contributed by atoms with van der Waals surface area (Å²) in [5, 5.41) is 22.1. The zero-order chi connectivity index (χ0) is 18.9. The van der Waals surface area contributed by atoms with Gasteiger partial charge in [0.2, 0.25) is 11.4 Å². The van der Waals surface area contributed by atoms with Crippen molar-refractivity contribution >= 4 is 6.29 Å². The summed E-state index contributed by atoms with van der Waals surface area (Å²) >= 11 is 0. The van der Waals surface area contributed by atoms with Crippen LogP contribution in [-0.4, -0.2) is 16.1 Å². The van der Waals surface area contributed by atoms with Crippen molar-refractivity contribution in [3.05, 3.63) is 55.9 Å². The molecule has 0 atom stereocenters. The van der Waals surface area contributed by atoms with Crippen molar-refractivity contribution in [3.63, 3.8) is 0 Å². The maximum Gasteiger partial charge on any atom is 0.246 e. The highest BCUT2D eigenvalue weighted by atomic mass is 16.6. The van der Waals surface area contributed by atoms with E-state index in [-0.39, 0.29) is 17.8 Å². The van der Waals surface area contributed by atoms with Crippen LogP contribution < -0.4 is 0 Å². The van der Waals surface area contributed by atoms with E-state index < -0.39 is 9.85 Å². The van der Waals surface area contributed by atoms with Gasteiger partial charge in [0, 0.05) is 12.8 Å². The quantitative estimate of drug-likeness (QED) is 0.181. The molecule has 0 amide bonds. The highest BCUT2D eigenvalue weighted by molar-refractivity contribution is 5.50. The molecule has 0 spiro atoms. The SMILES string of the molecule is CC/C=C\C/C=C(\C/C=C(\CCCCCCC[C]=O)[N+](=O)[O-])[N+](=O)[O-]. The van der Waals surface area contributed by atoms with E-state index in [2.05, 4.69) is 0 Å². The molecule has 0 bridgehead atoms. The molecule has 0 aliphatic rings. The van der Waals surface area contributed by atoms with Gasteiger partial charge in [0.15, 0.2) is 6.29 Å². The lowest BCUT2D eigenvalue weighted by atomic mass is 10.1. The van der Waals surface area contributed by atoms with Crippen LogP contribution in [0.3, 0.4) is 0 Å². The third-order valence-corrected chi connectivity index (χ3v) is 3.62. The fourth-order valence-corrected chi connectivity index (χ4v) is 2.22. The summed E-state index contributed by atoms with van der Waals surface area (Å²) in [6, 6.07) is 0. The van der Waals surface area contributed by atoms with Gasteiger partial charge >= 0.3 is 0 Å². The van der Waals surface area contributed by atoms with Crippen LogP contribution in [0.5, 0.6) is 0 Å². The Kier molecular flexibility index (Phi) is 13.8. The molecule has 0 aromatic heterocycles. The molecule has 0 saturated carbocycles. The van der Waals surface area contributed by atoms with Crippen LogP contribution in [0, 0.1) is 20.2 Å². The molecule has 0 aromatic rings. The summed E-state index contributed by atoms with van der Waals surface area (Å²) in [6.45, 7) is 1.97.